The molecular weight excluding hydrogens is 210 g/mol. The number of rotatable bonds is 4. The minimum absolute atomic E-state index is 0.168. The van der Waals surface area contributed by atoms with Gasteiger partial charge in [0.05, 0.1) is 20.3 Å². The van der Waals surface area contributed by atoms with Crippen LogP contribution in [0.15, 0.2) is 0 Å². The largest absolute Gasteiger partial charge is 0.468 e. The van der Waals surface area contributed by atoms with Crippen molar-refractivity contribution in [2.45, 2.75) is 18.9 Å². The van der Waals surface area contributed by atoms with Crippen LogP contribution >= 0.6 is 0 Å². The maximum atomic E-state index is 11.6. The lowest BCUT2D eigenvalue weighted by Gasteiger charge is -2.39. The van der Waals surface area contributed by atoms with E-state index in [1.807, 2.05) is 0 Å². The fraction of sp³-hybridized carbons (Fsp3) is 0.909. The Morgan fingerprint density at radius 3 is 2.56 bits per heavy atom. The van der Waals surface area contributed by atoms with Gasteiger partial charge in [-0.1, -0.05) is 0 Å². The number of nitrogens with one attached hydrogen (secondary N) is 1. The molecule has 2 fully saturated rings. The average Bonchev–Trinajstić information content (AvgIpc) is 2.28. The molecule has 0 radical (unpaired) electrons. The quantitative estimate of drug-likeness (QED) is 0.685. The molecule has 2 heterocycles. The monoisotopic (exact) mass is 229 g/mol. The first kappa shape index (κ1) is 11.8. The Labute approximate surface area is 95.4 Å². The molecule has 0 aromatic heterocycles. The van der Waals surface area contributed by atoms with Crippen LogP contribution < -0.4 is 5.32 Å². The van der Waals surface area contributed by atoms with E-state index in [0.29, 0.717) is 25.8 Å². The van der Waals surface area contributed by atoms with Crippen molar-refractivity contribution in [1.82, 2.24) is 5.32 Å². The lowest BCUT2D eigenvalue weighted by Crippen LogP contribution is -2.57. The van der Waals surface area contributed by atoms with E-state index in [4.69, 9.17) is 14.2 Å². The molecule has 0 aromatic rings. The zero-order valence-corrected chi connectivity index (χ0v) is 9.66. The van der Waals surface area contributed by atoms with Gasteiger partial charge in [-0.3, -0.25) is 4.79 Å². The zero-order valence-electron chi connectivity index (χ0n) is 9.66. The van der Waals surface area contributed by atoms with Crippen LogP contribution in [0.25, 0.3) is 0 Å². The molecule has 5 heteroatoms. The van der Waals surface area contributed by atoms with Gasteiger partial charge in [-0.05, 0) is 12.8 Å². The molecule has 2 saturated heterocycles. The zero-order chi connectivity index (χ0) is 11.4. The third-order valence-corrected chi connectivity index (χ3v) is 3.33. The molecule has 0 bridgehead atoms. The van der Waals surface area contributed by atoms with E-state index in [1.165, 1.54) is 7.11 Å². The summed E-state index contributed by atoms with van der Waals surface area (Å²) in [7, 11) is 1.43. The van der Waals surface area contributed by atoms with Gasteiger partial charge in [0.25, 0.3) is 0 Å². The second-order valence-electron chi connectivity index (χ2n) is 4.53. The molecule has 16 heavy (non-hydrogen) atoms. The SMILES string of the molecule is COC(=O)C1(CNC2CCOCC2)COC1. The Hall–Kier alpha value is -0.650. The first-order valence-electron chi connectivity index (χ1n) is 5.74. The molecule has 0 aliphatic carbocycles. The molecule has 0 saturated carbocycles. The summed E-state index contributed by atoms with van der Waals surface area (Å²) in [5, 5.41) is 3.42. The maximum absolute atomic E-state index is 11.6. The smallest absolute Gasteiger partial charge is 0.317 e. The van der Waals surface area contributed by atoms with E-state index in [0.717, 1.165) is 26.1 Å². The fourth-order valence-corrected chi connectivity index (χ4v) is 2.10. The average molecular weight is 229 g/mol. The van der Waals surface area contributed by atoms with Gasteiger partial charge in [-0.15, -0.1) is 0 Å². The van der Waals surface area contributed by atoms with Crippen LogP contribution in [0.2, 0.25) is 0 Å². The van der Waals surface area contributed by atoms with Crippen LogP contribution in [-0.4, -0.2) is 52.1 Å². The van der Waals surface area contributed by atoms with Crippen molar-refractivity contribution in [1.29, 1.82) is 0 Å². The highest BCUT2D eigenvalue weighted by Gasteiger charge is 2.47. The Balaban J connectivity index is 1.80. The van der Waals surface area contributed by atoms with Gasteiger partial charge in [0.2, 0.25) is 0 Å². The third kappa shape index (κ3) is 2.36. The number of carbonyl (C=O) groups excluding carboxylic acids is 1. The summed E-state index contributed by atoms with van der Waals surface area (Å²) < 4.78 is 15.2. The molecule has 2 aliphatic heterocycles. The molecule has 0 unspecified atom stereocenters. The lowest BCUT2D eigenvalue weighted by atomic mass is 9.85. The molecule has 92 valence electrons. The van der Waals surface area contributed by atoms with E-state index in [2.05, 4.69) is 5.32 Å². The predicted molar refractivity (Wildman–Crippen MR) is 57.1 cm³/mol. The summed E-state index contributed by atoms with van der Waals surface area (Å²) in [6.45, 7) is 3.19. The predicted octanol–water partition coefficient (Wildman–Crippen LogP) is -0.0554. The van der Waals surface area contributed by atoms with Gasteiger partial charge in [0.1, 0.15) is 5.41 Å². The second kappa shape index (κ2) is 5.12. The summed E-state index contributed by atoms with van der Waals surface area (Å²) in [6, 6.07) is 0.455. The summed E-state index contributed by atoms with van der Waals surface area (Å²) in [6.07, 6.45) is 2.02. The Morgan fingerprint density at radius 1 is 1.38 bits per heavy atom. The second-order valence-corrected chi connectivity index (χ2v) is 4.53. The molecule has 5 nitrogen and oxygen atoms in total. The van der Waals surface area contributed by atoms with Crippen LogP contribution in [0.1, 0.15) is 12.8 Å². The Kier molecular flexibility index (Phi) is 3.78. The van der Waals surface area contributed by atoms with Crippen molar-refractivity contribution >= 4 is 5.97 Å². The van der Waals surface area contributed by atoms with E-state index in [-0.39, 0.29) is 5.97 Å². The van der Waals surface area contributed by atoms with Gasteiger partial charge < -0.3 is 19.5 Å². The molecule has 2 rings (SSSR count). The number of methoxy groups -OCH3 is 1. The minimum Gasteiger partial charge on any atom is -0.468 e. The number of hydrogen-bond acceptors (Lipinski definition) is 5. The van der Waals surface area contributed by atoms with Gasteiger partial charge >= 0.3 is 5.97 Å². The van der Waals surface area contributed by atoms with E-state index >= 15 is 0 Å². The van der Waals surface area contributed by atoms with Gasteiger partial charge in [-0.2, -0.15) is 0 Å². The molecular formula is C11H19NO4. The summed E-state index contributed by atoms with van der Waals surface area (Å²) in [5.74, 6) is -0.168. The van der Waals surface area contributed by atoms with Crippen LogP contribution in [0, 0.1) is 5.41 Å². The van der Waals surface area contributed by atoms with Crippen molar-refractivity contribution in [3.05, 3.63) is 0 Å². The molecule has 0 amide bonds. The fourth-order valence-electron chi connectivity index (χ4n) is 2.10. The standard InChI is InChI=1S/C11H19NO4/c1-14-10(13)11(7-16-8-11)6-12-9-2-4-15-5-3-9/h9,12H,2-8H2,1H3. The van der Waals surface area contributed by atoms with E-state index in [1.54, 1.807) is 0 Å². The van der Waals surface area contributed by atoms with Crippen LogP contribution in [0.5, 0.6) is 0 Å². The molecule has 0 aromatic carbocycles. The van der Waals surface area contributed by atoms with Gasteiger partial charge in [0.15, 0.2) is 0 Å². The molecule has 0 spiro atoms. The van der Waals surface area contributed by atoms with Gasteiger partial charge in [-0.25, -0.2) is 0 Å². The maximum Gasteiger partial charge on any atom is 0.317 e. The number of esters is 1. The van der Waals surface area contributed by atoms with Crippen molar-refractivity contribution in [2.75, 3.05) is 40.1 Å². The number of hydrogen-bond donors (Lipinski definition) is 1. The third-order valence-electron chi connectivity index (χ3n) is 3.33. The van der Waals surface area contributed by atoms with Crippen molar-refractivity contribution in [2.24, 2.45) is 5.41 Å². The van der Waals surface area contributed by atoms with Crippen molar-refractivity contribution in [3.8, 4) is 0 Å². The molecule has 0 atom stereocenters. The summed E-state index contributed by atoms with van der Waals surface area (Å²) in [4.78, 5) is 11.6. The minimum atomic E-state index is -0.451. The summed E-state index contributed by atoms with van der Waals surface area (Å²) in [5.41, 5.74) is -0.451. The van der Waals surface area contributed by atoms with E-state index in [9.17, 15) is 4.79 Å². The molecule has 2 aliphatic rings. The Bertz CT molecular complexity index is 246. The van der Waals surface area contributed by atoms with Crippen LogP contribution in [0.4, 0.5) is 0 Å². The van der Waals surface area contributed by atoms with Crippen molar-refractivity contribution in [3.63, 3.8) is 0 Å². The topological polar surface area (TPSA) is 56.8 Å². The van der Waals surface area contributed by atoms with Crippen molar-refractivity contribution < 1.29 is 19.0 Å². The first-order chi connectivity index (χ1) is 7.77. The first-order valence-corrected chi connectivity index (χ1v) is 5.74. The highest BCUT2D eigenvalue weighted by atomic mass is 16.5. The van der Waals surface area contributed by atoms with Crippen LogP contribution in [0.3, 0.4) is 0 Å². The Morgan fingerprint density at radius 2 is 2.06 bits per heavy atom. The highest BCUT2D eigenvalue weighted by molar-refractivity contribution is 5.78. The normalized spacial score (nSPS) is 24.8. The van der Waals surface area contributed by atoms with Gasteiger partial charge in [0, 0.05) is 25.8 Å². The number of carbonyl (C=O) groups is 1. The lowest BCUT2D eigenvalue weighted by molar-refractivity contribution is -0.182. The number of ether oxygens (including phenoxy) is 3. The summed E-state index contributed by atoms with van der Waals surface area (Å²) >= 11 is 0. The molecule has 1 N–H and O–H groups in total. The van der Waals surface area contributed by atoms with E-state index < -0.39 is 5.41 Å². The highest BCUT2D eigenvalue weighted by Crippen LogP contribution is 2.28. The van der Waals surface area contributed by atoms with Crippen LogP contribution in [-0.2, 0) is 19.0 Å².